The molecule has 0 atom stereocenters. The lowest BCUT2D eigenvalue weighted by molar-refractivity contribution is 0.104. The molecular formula is C31H27ClO6. The predicted molar refractivity (Wildman–Crippen MR) is 147 cm³/mol. The maximum atomic E-state index is 13.4. The monoisotopic (exact) mass is 530 g/mol. The Bertz CT molecular complexity index is 1420. The highest BCUT2D eigenvalue weighted by molar-refractivity contribution is 6.50. The molecule has 4 aromatic rings. The van der Waals surface area contributed by atoms with Gasteiger partial charge in [-0.1, -0.05) is 72.3 Å². The van der Waals surface area contributed by atoms with Crippen LogP contribution in [0.2, 0.25) is 0 Å². The Morgan fingerprint density at radius 1 is 0.763 bits per heavy atom. The summed E-state index contributed by atoms with van der Waals surface area (Å²) in [4.78, 5) is 13.4. The average Bonchev–Trinajstić information content (AvgIpc) is 2.95. The van der Waals surface area contributed by atoms with Crippen LogP contribution in [0.5, 0.6) is 28.7 Å². The van der Waals surface area contributed by atoms with Crippen LogP contribution in [0, 0.1) is 0 Å². The predicted octanol–water partition coefficient (Wildman–Crippen LogP) is 7.03. The first-order chi connectivity index (χ1) is 18.5. The number of methoxy groups -OCH3 is 2. The highest BCUT2D eigenvalue weighted by atomic mass is 35.5. The van der Waals surface area contributed by atoms with Crippen molar-refractivity contribution >= 4 is 22.4 Å². The Hall–Kier alpha value is -4.42. The van der Waals surface area contributed by atoms with E-state index in [1.165, 1.54) is 26.4 Å². The Kier molecular flexibility index (Phi) is 8.90. The minimum absolute atomic E-state index is 0.0216. The van der Waals surface area contributed by atoms with Gasteiger partial charge in [0.25, 0.3) is 0 Å². The van der Waals surface area contributed by atoms with Crippen LogP contribution >= 0.6 is 11.6 Å². The summed E-state index contributed by atoms with van der Waals surface area (Å²) in [5.41, 5.74) is 2.39. The van der Waals surface area contributed by atoms with Crippen molar-refractivity contribution in [2.75, 3.05) is 14.2 Å². The lowest BCUT2D eigenvalue weighted by atomic mass is 10.1. The van der Waals surface area contributed by atoms with E-state index in [1.807, 2.05) is 60.7 Å². The molecule has 0 radical (unpaired) electrons. The number of halogens is 1. The van der Waals surface area contributed by atoms with Crippen molar-refractivity contribution in [3.05, 3.63) is 119 Å². The molecule has 38 heavy (non-hydrogen) atoms. The van der Waals surface area contributed by atoms with E-state index in [4.69, 9.17) is 30.5 Å². The summed E-state index contributed by atoms with van der Waals surface area (Å²) in [5, 5.41) is 11.0. The molecule has 0 heterocycles. The summed E-state index contributed by atoms with van der Waals surface area (Å²) in [6.45, 7) is 0.479. The molecule has 0 saturated carbocycles. The van der Waals surface area contributed by atoms with Crippen molar-refractivity contribution in [1.82, 2.24) is 0 Å². The number of rotatable bonds is 11. The first-order valence-corrected chi connectivity index (χ1v) is 12.2. The molecule has 4 aromatic carbocycles. The summed E-state index contributed by atoms with van der Waals surface area (Å²) < 4.78 is 22.5. The third-order valence-corrected chi connectivity index (χ3v) is 6.03. The van der Waals surface area contributed by atoms with E-state index in [0.29, 0.717) is 22.8 Å². The van der Waals surface area contributed by atoms with Crippen LogP contribution in [0.15, 0.2) is 97.1 Å². The summed E-state index contributed by atoms with van der Waals surface area (Å²) in [6, 6.07) is 27.2. The van der Waals surface area contributed by atoms with Gasteiger partial charge in [0.05, 0.1) is 19.3 Å². The van der Waals surface area contributed by atoms with Crippen molar-refractivity contribution in [3.8, 4) is 28.7 Å². The van der Waals surface area contributed by atoms with Gasteiger partial charge in [-0.05, 0) is 34.9 Å². The maximum Gasteiger partial charge on any atom is 0.194 e. The van der Waals surface area contributed by atoms with E-state index in [-0.39, 0.29) is 35.3 Å². The fourth-order valence-electron chi connectivity index (χ4n) is 3.75. The molecule has 0 aliphatic heterocycles. The number of carbonyl (C=O) groups is 1. The third kappa shape index (κ3) is 6.66. The lowest BCUT2D eigenvalue weighted by Gasteiger charge is -2.15. The van der Waals surface area contributed by atoms with Crippen LogP contribution in [0.4, 0.5) is 0 Å². The van der Waals surface area contributed by atoms with Crippen LogP contribution in [0.3, 0.4) is 0 Å². The number of hydrogen-bond donors (Lipinski definition) is 1. The largest absolute Gasteiger partial charge is 0.507 e. The van der Waals surface area contributed by atoms with Gasteiger partial charge in [0.2, 0.25) is 0 Å². The second-order valence-electron chi connectivity index (χ2n) is 8.29. The Morgan fingerprint density at radius 2 is 1.37 bits per heavy atom. The minimum atomic E-state index is -0.528. The van der Waals surface area contributed by atoms with E-state index >= 15 is 0 Å². The van der Waals surface area contributed by atoms with Crippen molar-refractivity contribution < 1.29 is 28.8 Å². The fraction of sp³-hybridized carbons (Fsp3) is 0.129. The second-order valence-corrected chi connectivity index (χ2v) is 8.70. The van der Waals surface area contributed by atoms with Crippen LogP contribution in [-0.2, 0) is 13.2 Å². The smallest absolute Gasteiger partial charge is 0.194 e. The molecule has 0 unspecified atom stereocenters. The van der Waals surface area contributed by atoms with E-state index in [0.717, 1.165) is 11.1 Å². The van der Waals surface area contributed by atoms with E-state index in [2.05, 4.69) is 0 Å². The van der Waals surface area contributed by atoms with Gasteiger partial charge in [-0.15, -0.1) is 0 Å². The number of phenols is 1. The third-order valence-electron chi connectivity index (χ3n) is 5.70. The Balaban J connectivity index is 1.64. The zero-order valence-electron chi connectivity index (χ0n) is 21.0. The first kappa shape index (κ1) is 26.6. The highest BCUT2D eigenvalue weighted by Crippen LogP contribution is 2.37. The molecule has 0 aliphatic carbocycles. The molecule has 1 N–H and O–H groups in total. The van der Waals surface area contributed by atoms with Crippen LogP contribution in [0.25, 0.3) is 5.03 Å². The molecule has 0 aliphatic rings. The van der Waals surface area contributed by atoms with Crippen molar-refractivity contribution in [2.45, 2.75) is 13.2 Å². The van der Waals surface area contributed by atoms with Crippen LogP contribution in [0.1, 0.15) is 27.0 Å². The number of carbonyl (C=O) groups excluding carboxylic acids is 1. The molecule has 0 aromatic heterocycles. The van der Waals surface area contributed by atoms with Crippen LogP contribution in [-0.4, -0.2) is 25.1 Å². The lowest BCUT2D eigenvalue weighted by Crippen LogP contribution is -2.05. The highest BCUT2D eigenvalue weighted by Gasteiger charge is 2.20. The molecule has 0 amide bonds. The number of allylic oxidation sites excluding steroid dienone is 1. The van der Waals surface area contributed by atoms with Crippen molar-refractivity contribution in [2.24, 2.45) is 0 Å². The maximum absolute atomic E-state index is 13.4. The summed E-state index contributed by atoms with van der Waals surface area (Å²) in [7, 11) is 3.05. The topological polar surface area (TPSA) is 74.2 Å². The summed E-state index contributed by atoms with van der Waals surface area (Å²) >= 11 is 6.50. The second kappa shape index (κ2) is 12.7. The first-order valence-electron chi connectivity index (χ1n) is 11.8. The van der Waals surface area contributed by atoms with Gasteiger partial charge < -0.3 is 24.1 Å². The number of phenolic OH excluding ortho intramolecular Hbond substituents is 1. The number of benzene rings is 4. The molecule has 0 fully saturated rings. The van der Waals surface area contributed by atoms with Crippen LogP contribution < -0.4 is 18.9 Å². The molecule has 4 rings (SSSR count). The summed E-state index contributed by atoms with van der Waals surface area (Å²) in [5.74, 6) is 0.735. The van der Waals surface area contributed by atoms with Gasteiger partial charge in [0.15, 0.2) is 17.3 Å². The summed E-state index contributed by atoms with van der Waals surface area (Å²) in [6.07, 6.45) is 1.23. The van der Waals surface area contributed by atoms with Gasteiger partial charge in [0, 0.05) is 18.2 Å². The zero-order valence-corrected chi connectivity index (χ0v) is 21.8. The number of ketones is 1. The van der Waals surface area contributed by atoms with Gasteiger partial charge in [-0.25, -0.2) is 0 Å². The SMILES string of the molecule is COc1ccc(/C(Cl)=C/C(=O)c2c(O)cc(OCc3ccccc3)cc2OCc2ccccc2)cc1OC. The molecule has 0 spiro atoms. The van der Waals surface area contributed by atoms with Crippen molar-refractivity contribution in [3.63, 3.8) is 0 Å². The minimum Gasteiger partial charge on any atom is -0.507 e. The normalized spacial score (nSPS) is 11.1. The van der Waals surface area contributed by atoms with E-state index in [9.17, 15) is 9.90 Å². The molecule has 6 nitrogen and oxygen atoms in total. The van der Waals surface area contributed by atoms with Gasteiger partial charge >= 0.3 is 0 Å². The Morgan fingerprint density at radius 3 is 1.97 bits per heavy atom. The molecule has 0 bridgehead atoms. The van der Waals surface area contributed by atoms with Gasteiger partial charge in [-0.3, -0.25) is 4.79 Å². The molecule has 0 saturated heterocycles. The van der Waals surface area contributed by atoms with Gasteiger partial charge in [-0.2, -0.15) is 0 Å². The van der Waals surface area contributed by atoms with E-state index < -0.39 is 5.78 Å². The molecular weight excluding hydrogens is 504 g/mol. The Labute approximate surface area is 226 Å². The fourth-order valence-corrected chi connectivity index (χ4v) is 3.97. The molecule has 7 heteroatoms. The quantitative estimate of drug-likeness (QED) is 0.166. The standard InChI is InChI=1S/C31H27ClO6/c1-35-28-14-13-23(15-29(28)36-2)25(32)18-27(34)31-26(33)16-24(37-19-21-9-5-3-6-10-21)17-30(31)38-20-22-11-7-4-8-12-22/h3-18,33H,19-20H2,1-2H3/b25-18-. The number of ether oxygens (including phenoxy) is 4. The average molecular weight is 531 g/mol. The zero-order chi connectivity index (χ0) is 26.9. The van der Waals surface area contributed by atoms with Crippen molar-refractivity contribution in [1.29, 1.82) is 0 Å². The number of hydrogen-bond acceptors (Lipinski definition) is 6. The van der Waals surface area contributed by atoms with Gasteiger partial charge in [0.1, 0.15) is 36.0 Å². The molecule has 194 valence electrons. The number of aromatic hydroxyl groups is 1. The van der Waals surface area contributed by atoms with E-state index in [1.54, 1.807) is 24.3 Å².